The molecule has 5 nitrogen and oxygen atoms in total. The maximum absolute atomic E-state index is 12.9. The monoisotopic (exact) mass is 382 g/mol. The summed E-state index contributed by atoms with van der Waals surface area (Å²) in [6.45, 7) is 2.69. The van der Waals surface area contributed by atoms with Crippen molar-refractivity contribution in [2.45, 2.75) is 51.2 Å². The van der Waals surface area contributed by atoms with Gasteiger partial charge in [0.15, 0.2) is 0 Å². The zero-order valence-electron chi connectivity index (χ0n) is 15.6. The van der Waals surface area contributed by atoms with Crippen LogP contribution < -0.4 is 15.4 Å². The first-order chi connectivity index (χ1) is 12.2. The van der Waals surface area contributed by atoms with E-state index in [-0.39, 0.29) is 18.3 Å². The highest BCUT2D eigenvalue weighted by Crippen LogP contribution is 2.30. The van der Waals surface area contributed by atoms with E-state index in [1.165, 1.54) is 12.8 Å². The minimum absolute atomic E-state index is 0. The molecule has 0 atom stereocenters. The molecule has 0 bridgehead atoms. The molecule has 0 radical (unpaired) electrons. The number of carbonyl (C=O) groups is 1. The molecule has 1 heterocycles. The number of piperidine rings is 1. The largest absolute Gasteiger partial charge is 0.490 e. The first kappa shape index (κ1) is 21.0. The number of amides is 1. The molecule has 0 spiro atoms. The number of hydrogen-bond acceptors (Lipinski definition) is 4. The van der Waals surface area contributed by atoms with E-state index in [0.29, 0.717) is 19.3 Å². The highest BCUT2D eigenvalue weighted by molar-refractivity contribution is 5.85. The van der Waals surface area contributed by atoms with Gasteiger partial charge in [0, 0.05) is 19.2 Å². The van der Waals surface area contributed by atoms with Gasteiger partial charge in [0.1, 0.15) is 5.75 Å². The molecule has 2 fully saturated rings. The maximum Gasteiger partial charge on any atom is 0.228 e. The molecular weight excluding hydrogens is 352 g/mol. The van der Waals surface area contributed by atoms with Crippen LogP contribution in [0.2, 0.25) is 0 Å². The van der Waals surface area contributed by atoms with Crippen LogP contribution in [0.25, 0.3) is 0 Å². The zero-order chi connectivity index (χ0) is 17.5. The van der Waals surface area contributed by atoms with E-state index in [2.05, 4.69) is 10.6 Å². The summed E-state index contributed by atoms with van der Waals surface area (Å²) in [5.41, 5.74) is 0.630. The summed E-state index contributed by atoms with van der Waals surface area (Å²) in [7, 11) is 1.67. The molecular formula is C20H31ClN2O3. The molecule has 26 heavy (non-hydrogen) atoms. The summed E-state index contributed by atoms with van der Waals surface area (Å²) >= 11 is 0. The third kappa shape index (κ3) is 5.12. The van der Waals surface area contributed by atoms with Gasteiger partial charge in [-0.1, -0.05) is 18.2 Å². The minimum atomic E-state index is -0.415. The number of benzene rings is 1. The lowest BCUT2D eigenvalue weighted by Crippen LogP contribution is -2.50. The number of para-hydroxylation sites is 1. The molecule has 2 aliphatic rings. The Morgan fingerprint density at radius 2 is 1.92 bits per heavy atom. The SMILES string of the molecule is COCC1(C(=O)NCc2ccccc2OC2CCCC2)CCNCC1.Cl. The topological polar surface area (TPSA) is 59.6 Å². The predicted molar refractivity (Wildman–Crippen MR) is 105 cm³/mol. The lowest BCUT2D eigenvalue weighted by atomic mass is 9.78. The summed E-state index contributed by atoms with van der Waals surface area (Å²) in [6.07, 6.45) is 6.70. The molecule has 6 heteroatoms. The molecule has 0 unspecified atom stereocenters. The van der Waals surface area contributed by atoms with Gasteiger partial charge >= 0.3 is 0 Å². The fraction of sp³-hybridized carbons (Fsp3) is 0.650. The van der Waals surface area contributed by atoms with Gasteiger partial charge in [-0.25, -0.2) is 0 Å². The molecule has 1 aliphatic heterocycles. The highest BCUT2D eigenvalue weighted by atomic mass is 35.5. The van der Waals surface area contributed by atoms with E-state index >= 15 is 0 Å². The lowest BCUT2D eigenvalue weighted by Gasteiger charge is -2.35. The Morgan fingerprint density at radius 3 is 2.62 bits per heavy atom. The first-order valence-electron chi connectivity index (χ1n) is 9.46. The lowest BCUT2D eigenvalue weighted by molar-refractivity contribution is -0.136. The van der Waals surface area contributed by atoms with Crippen molar-refractivity contribution in [1.82, 2.24) is 10.6 Å². The number of rotatable bonds is 7. The first-order valence-corrected chi connectivity index (χ1v) is 9.46. The normalized spacial score (nSPS) is 19.6. The number of methoxy groups -OCH3 is 1. The van der Waals surface area contributed by atoms with Crippen LogP contribution in [0.3, 0.4) is 0 Å². The van der Waals surface area contributed by atoms with Crippen LogP contribution in [-0.4, -0.2) is 38.8 Å². The Balaban J connectivity index is 0.00000243. The molecule has 1 amide bonds. The number of nitrogens with one attached hydrogen (secondary N) is 2. The third-order valence-corrected chi connectivity index (χ3v) is 5.47. The summed E-state index contributed by atoms with van der Waals surface area (Å²) in [5.74, 6) is 0.993. The summed E-state index contributed by atoms with van der Waals surface area (Å²) in [4.78, 5) is 12.9. The van der Waals surface area contributed by atoms with Crippen LogP contribution in [0.15, 0.2) is 24.3 Å². The fourth-order valence-corrected chi connectivity index (χ4v) is 3.93. The molecule has 1 aliphatic carbocycles. The second-order valence-electron chi connectivity index (χ2n) is 7.28. The predicted octanol–water partition coefficient (Wildman–Crippen LogP) is 3.06. The molecule has 1 saturated heterocycles. The van der Waals surface area contributed by atoms with Crippen molar-refractivity contribution >= 4 is 18.3 Å². The molecule has 1 saturated carbocycles. The Hall–Kier alpha value is -1.30. The maximum atomic E-state index is 12.9. The Kier molecular flexibility index (Phi) is 8.19. The zero-order valence-corrected chi connectivity index (χ0v) is 16.4. The quantitative estimate of drug-likeness (QED) is 0.760. The van der Waals surface area contributed by atoms with Crippen molar-refractivity contribution in [1.29, 1.82) is 0 Å². The van der Waals surface area contributed by atoms with Gasteiger partial charge in [0.05, 0.1) is 18.1 Å². The van der Waals surface area contributed by atoms with Crippen LogP contribution in [0.1, 0.15) is 44.1 Å². The van der Waals surface area contributed by atoms with E-state index in [1.807, 2.05) is 24.3 Å². The molecule has 1 aromatic rings. The summed E-state index contributed by atoms with van der Waals surface area (Å²) < 4.78 is 11.5. The van der Waals surface area contributed by atoms with Gasteiger partial charge in [-0.2, -0.15) is 0 Å². The highest BCUT2D eigenvalue weighted by Gasteiger charge is 2.39. The summed E-state index contributed by atoms with van der Waals surface area (Å²) in [6, 6.07) is 8.04. The smallest absolute Gasteiger partial charge is 0.228 e. The Labute approximate surface area is 162 Å². The number of halogens is 1. The average molecular weight is 383 g/mol. The summed E-state index contributed by atoms with van der Waals surface area (Å²) in [5, 5.41) is 6.45. The van der Waals surface area contributed by atoms with Gasteiger partial charge in [0.25, 0.3) is 0 Å². The second-order valence-corrected chi connectivity index (χ2v) is 7.28. The van der Waals surface area contributed by atoms with Gasteiger partial charge in [-0.15, -0.1) is 12.4 Å². The van der Waals surface area contributed by atoms with Crippen molar-refractivity contribution in [3.8, 4) is 5.75 Å². The number of ether oxygens (including phenoxy) is 2. The molecule has 146 valence electrons. The Morgan fingerprint density at radius 1 is 1.23 bits per heavy atom. The van der Waals surface area contributed by atoms with Gasteiger partial charge in [-0.05, 0) is 57.7 Å². The Bertz CT molecular complexity index is 564. The standard InChI is InChI=1S/C20H30N2O3.ClH/c1-24-15-20(10-12-21-13-11-20)19(23)22-14-16-6-2-5-9-18(16)25-17-7-3-4-8-17;/h2,5-6,9,17,21H,3-4,7-8,10-15H2,1H3,(H,22,23);1H. The number of hydrogen-bond donors (Lipinski definition) is 2. The minimum Gasteiger partial charge on any atom is -0.490 e. The van der Waals surface area contributed by atoms with E-state index in [0.717, 1.165) is 50.1 Å². The van der Waals surface area contributed by atoms with Crippen molar-refractivity contribution in [3.63, 3.8) is 0 Å². The van der Waals surface area contributed by atoms with Crippen molar-refractivity contribution in [2.24, 2.45) is 5.41 Å². The molecule has 3 rings (SSSR count). The second kappa shape index (κ2) is 10.1. The van der Waals surface area contributed by atoms with Crippen LogP contribution >= 0.6 is 12.4 Å². The van der Waals surface area contributed by atoms with E-state index in [9.17, 15) is 4.79 Å². The van der Waals surface area contributed by atoms with E-state index in [4.69, 9.17) is 9.47 Å². The van der Waals surface area contributed by atoms with Crippen molar-refractivity contribution in [2.75, 3.05) is 26.8 Å². The van der Waals surface area contributed by atoms with Crippen molar-refractivity contribution < 1.29 is 14.3 Å². The van der Waals surface area contributed by atoms with Crippen LogP contribution in [0, 0.1) is 5.41 Å². The van der Waals surface area contributed by atoms with Gasteiger partial charge in [0.2, 0.25) is 5.91 Å². The molecule has 2 N–H and O–H groups in total. The van der Waals surface area contributed by atoms with Crippen LogP contribution in [-0.2, 0) is 16.1 Å². The van der Waals surface area contributed by atoms with Gasteiger partial charge < -0.3 is 20.1 Å². The van der Waals surface area contributed by atoms with Crippen LogP contribution in [0.5, 0.6) is 5.75 Å². The fourth-order valence-electron chi connectivity index (χ4n) is 3.93. The van der Waals surface area contributed by atoms with E-state index in [1.54, 1.807) is 7.11 Å². The molecule has 0 aromatic heterocycles. The molecule has 1 aromatic carbocycles. The van der Waals surface area contributed by atoms with Crippen molar-refractivity contribution in [3.05, 3.63) is 29.8 Å². The van der Waals surface area contributed by atoms with Crippen LogP contribution in [0.4, 0.5) is 0 Å². The third-order valence-electron chi connectivity index (χ3n) is 5.47. The van der Waals surface area contributed by atoms with E-state index < -0.39 is 5.41 Å². The number of carbonyl (C=O) groups excluding carboxylic acids is 1. The van der Waals surface area contributed by atoms with Gasteiger partial charge in [-0.3, -0.25) is 4.79 Å². The average Bonchev–Trinajstić information content (AvgIpc) is 3.15.